The van der Waals surface area contributed by atoms with Crippen molar-refractivity contribution in [2.75, 3.05) is 31.2 Å². The van der Waals surface area contributed by atoms with Crippen LogP contribution >= 0.6 is 0 Å². The third-order valence-electron chi connectivity index (χ3n) is 4.53. The van der Waals surface area contributed by atoms with Gasteiger partial charge in [0, 0.05) is 50.6 Å². The van der Waals surface area contributed by atoms with Gasteiger partial charge < -0.3 is 19.5 Å². The van der Waals surface area contributed by atoms with Crippen LogP contribution in [0.25, 0.3) is 0 Å². The molecule has 2 aliphatic rings. The van der Waals surface area contributed by atoms with Gasteiger partial charge in [0.05, 0.1) is 19.8 Å². The second kappa shape index (κ2) is 7.23. The fourth-order valence-corrected chi connectivity index (χ4v) is 3.18. The average Bonchev–Trinajstić information content (AvgIpc) is 3.06. The van der Waals surface area contributed by atoms with E-state index in [2.05, 4.69) is 34.9 Å². The van der Waals surface area contributed by atoms with E-state index in [1.807, 2.05) is 12.4 Å². The largest absolute Gasteiger partial charge is 0.378 e. The number of anilines is 1. The molecule has 0 spiro atoms. The van der Waals surface area contributed by atoms with Gasteiger partial charge in [-0.3, -0.25) is 0 Å². The maximum absolute atomic E-state index is 5.35. The van der Waals surface area contributed by atoms with Gasteiger partial charge in [-0.05, 0) is 12.8 Å². The van der Waals surface area contributed by atoms with Crippen molar-refractivity contribution in [3.8, 4) is 0 Å². The van der Waals surface area contributed by atoms with Crippen molar-refractivity contribution in [2.45, 2.75) is 38.9 Å². The van der Waals surface area contributed by atoms with Crippen LogP contribution in [0, 0.1) is 0 Å². The van der Waals surface area contributed by atoms with Gasteiger partial charge in [0.25, 0.3) is 0 Å². The number of morpholine rings is 1. The Morgan fingerprint density at radius 3 is 2.67 bits per heavy atom. The van der Waals surface area contributed by atoms with E-state index in [1.165, 1.54) is 12.8 Å². The maximum Gasteiger partial charge on any atom is 0.225 e. The summed E-state index contributed by atoms with van der Waals surface area (Å²) in [6, 6.07) is 0. The number of hydrogen-bond acceptors (Lipinski definition) is 7. The van der Waals surface area contributed by atoms with Crippen molar-refractivity contribution in [2.24, 2.45) is 0 Å². The summed E-state index contributed by atoms with van der Waals surface area (Å²) in [5.41, 5.74) is 1.07. The Balaban J connectivity index is 1.30. The fourth-order valence-electron chi connectivity index (χ4n) is 3.18. The molecule has 128 valence electrons. The van der Waals surface area contributed by atoms with Gasteiger partial charge in [0.15, 0.2) is 0 Å². The Morgan fingerprint density at radius 2 is 1.83 bits per heavy atom. The van der Waals surface area contributed by atoms with Crippen LogP contribution < -0.4 is 10.2 Å². The highest BCUT2D eigenvalue weighted by Gasteiger charge is 2.15. The minimum Gasteiger partial charge on any atom is -0.378 e. The summed E-state index contributed by atoms with van der Waals surface area (Å²) in [4.78, 5) is 11.1. The normalized spacial score (nSPS) is 17.8. The zero-order chi connectivity index (χ0) is 16.2. The number of ether oxygens (including phenoxy) is 1. The van der Waals surface area contributed by atoms with Crippen LogP contribution in [0.3, 0.4) is 0 Å². The van der Waals surface area contributed by atoms with Crippen LogP contribution in [-0.2, 0) is 30.8 Å². The van der Waals surface area contributed by atoms with E-state index in [9.17, 15) is 0 Å². The molecule has 4 rings (SSSR count). The van der Waals surface area contributed by atoms with Gasteiger partial charge in [-0.1, -0.05) is 0 Å². The molecule has 2 aromatic rings. The van der Waals surface area contributed by atoms with Gasteiger partial charge in [0.1, 0.15) is 11.6 Å². The number of nitrogens with one attached hydrogen (secondary N) is 1. The quantitative estimate of drug-likeness (QED) is 0.857. The van der Waals surface area contributed by atoms with Crippen molar-refractivity contribution in [3.63, 3.8) is 0 Å². The van der Waals surface area contributed by atoms with Gasteiger partial charge >= 0.3 is 0 Å². The lowest BCUT2D eigenvalue weighted by Gasteiger charge is -2.26. The smallest absolute Gasteiger partial charge is 0.225 e. The number of fused-ring (bicyclic) bond motifs is 1. The third kappa shape index (κ3) is 3.39. The van der Waals surface area contributed by atoms with Crippen LogP contribution in [0.4, 0.5) is 5.95 Å². The Bertz CT molecular complexity index is 664. The zero-order valence-electron chi connectivity index (χ0n) is 13.8. The van der Waals surface area contributed by atoms with E-state index in [0.717, 1.165) is 75.5 Å². The summed E-state index contributed by atoms with van der Waals surface area (Å²) in [6.07, 6.45) is 7.27. The highest BCUT2D eigenvalue weighted by atomic mass is 16.5. The van der Waals surface area contributed by atoms with E-state index in [4.69, 9.17) is 4.74 Å². The van der Waals surface area contributed by atoms with E-state index in [1.54, 1.807) is 0 Å². The second-order valence-corrected chi connectivity index (χ2v) is 6.24. The summed E-state index contributed by atoms with van der Waals surface area (Å²) in [7, 11) is 0. The molecule has 2 aromatic heterocycles. The Morgan fingerprint density at radius 1 is 1.00 bits per heavy atom. The molecule has 0 aliphatic carbocycles. The van der Waals surface area contributed by atoms with Crippen molar-refractivity contribution < 1.29 is 4.74 Å². The molecule has 0 unspecified atom stereocenters. The molecule has 8 nitrogen and oxygen atoms in total. The highest BCUT2D eigenvalue weighted by Crippen LogP contribution is 2.14. The molecule has 0 amide bonds. The molecule has 0 aromatic carbocycles. The zero-order valence-corrected chi connectivity index (χ0v) is 13.8. The number of rotatable bonds is 5. The predicted molar refractivity (Wildman–Crippen MR) is 88.6 cm³/mol. The molecule has 1 N–H and O–H groups in total. The van der Waals surface area contributed by atoms with Crippen LogP contribution in [0.15, 0.2) is 12.4 Å². The van der Waals surface area contributed by atoms with E-state index < -0.39 is 0 Å². The predicted octanol–water partition coefficient (Wildman–Crippen LogP) is 0.531. The Kier molecular flexibility index (Phi) is 4.66. The topological polar surface area (TPSA) is 81.0 Å². The first kappa shape index (κ1) is 15.5. The molecule has 1 saturated heterocycles. The lowest BCUT2D eigenvalue weighted by atomic mass is 10.2. The fraction of sp³-hybridized carbons (Fsp3) is 0.625. The maximum atomic E-state index is 5.35. The molecule has 24 heavy (non-hydrogen) atoms. The molecule has 0 radical (unpaired) electrons. The number of hydrogen-bond donors (Lipinski definition) is 1. The van der Waals surface area contributed by atoms with E-state index >= 15 is 0 Å². The van der Waals surface area contributed by atoms with Crippen molar-refractivity contribution in [3.05, 3.63) is 29.6 Å². The summed E-state index contributed by atoms with van der Waals surface area (Å²) in [5.74, 6) is 2.93. The molecule has 4 heterocycles. The summed E-state index contributed by atoms with van der Waals surface area (Å²) < 4.78 is 7.60. The van der Waals surface area contributed by atoms with Crippen LogP contribution in [0.2, 0.25) is 0 Å². The Labute approximate surface area is 141 Å². The molecule has 8 heteroatoms. The van der Waals surface area contributed by atoms with Gasteiger partial charge in [-0.2, -0.15) is 0 Å². The monoisotopic (exact) mass is 329 g/mol. The average molecular weight is 329 g/mol. The van der Waals surface area contributed by atoms with Crippen LogP contribution in [-0.4, -0.2) is 51.0 Å². The highest BCUT2D eigenvalue weighted by molar-refractivity contribution is 5.30. The lowest BCUT2D eigenvalue weighted by Crippen LogP contribution is -2.37. The van der Waals surface area contributed by atoms with Crippen molar-refractivity contribution in [1.29, 1.82) is 0 Å². The minimum atomic E-state index is 0.720. The molecule has 1 fully saturated rings. The molecule has 0 bridgehead atoms. The first-order valence-electron chi connectivity index (χ1n) is 8.65. The molecule has 2 aliphatic heterocycles. The van der Waals surface area contributed by atoms with Crippen molar-refractivity contribution >= 4 is 5.95 Å². The first-order chi connectivity index (χ1) is 11.9. The SMILES string of the molecule is c1nc(N2CCOCC2)ncc1CNCc1nnc2n1CCCC2. The molecular formula is C16H23N7O. The summed E-state index contributed by atoms with van der Waals surface area (Å²) >= 11 is 0. The number of nitrogens with zero attached hydrogens (tertiary/aromatic N) is 6. The third-order valence-corrected chi connectivity index (χ3v) is 4.53. The van der Waals surface area contributed by atoms with Crippen LogP contribution in [0.5, 0.6) is 0 Å². The first-order valence-corrected chi connectivity index (χ1v) is 8.65. The minimum absolute atomic E-state index is 0.720. The molecule has 0 saturated carbocycles. The molecular weight excluding hydrogens is 306 g/mol. The number of aromatic nitrogens is 5. The molecule has 0 atom stereocenters. The standard InChI is InChI=1S/C16H23N7O/c1-2-4-23-14(3-1)20-21-15(23)12-17-9-13-10-18-16(19-11-13)22-5-7-24-8-6-22/h10-11,17H,1-9,12H2. The van der Waals surface area contributed by atoms with Gasteiger partial charge in [-0.25, -0.2) is 9.97 Å². The van der Waals surface area contributed by atoms with E-state index in [0.29, 0.717) is 0 Å². The Hall–Kier alpha value is -2.06. The van der Waals surface area contributed by atoms with Crippen LogP contribution in [0.1, 0.15) is 30.1 Å². The summed E-state index contributed by atoms with van der Waals surface area (Å²) in [5, 5.41) is 12.0. The van der Waals surface area contributed by atoms with Gasteiger partial charge in [-0.15, -0.1) is 10.2 Å². The summed E-state index contributed by atoms with van der Waals surface area (Å²) in [6.45, 7) is 5.69. The van der Waals surface area contributed by atoms with Crippen molar-refractivity contribution in [1.82, 2.24) is 30.0 Å². The van der Waals surface area contributed by atoms with Gasteiger partial charge in [0.2, 0.25) is 5.95 Å². The second-order valence-electron chi connectivity index (χ2n) is 6.24. The number of aryl methyl sites for hydroxylation is 1. The lowest BCUT2D eigenvalue weighted by molar-refractivity contribution is 0.122. The van der Waals surface area contributed by atoms with E-state index in [-0.39, 0.29) is 0 Å².